The molecule has 5 aromatic rings. The van der Waals surface area contributed by atoms with Crippen molar-refractivity contribution in [3.8, 4) is 22.7 Å². The Balaban J connectivity index is 1.45. The van der Waals surface area contributed by atoms with Crippen molar-refractivity contribution in [3.05, 3.63) is 69.3 Å². The van der Waals surface area contributed by atoms with Crippen LogP contribution in [0.2, 0.25) is 0 Å². The summed E-state index contributed by atoms with van der Waals surface area (Å²) in [4.78, 5) is 22.5. The first-order valence-electron chi connectivity index (χ1n) is 9.66. The van der Waals surface area contributed by atoms with E-state index in [0.717, 1.165) is 26.0 Å². The van der Waals surface area contributed by atoms with Crippen molar-refractivity contribution >= 4 is 33.3 Å². The van der Waals surface area contributed by atoms with Gasteiger partial charge in [0.1, 0.15) is 10.7 Å². The molecule has 31 heavy (non-hydrogen) atoms. The van der Waals surface area contributed by atoms with Crippen molar-refractivity contribution in [3.63, 3.8) is 0 Å². The third-order valence-corrected chi connectivity index (χ3v) is 7.07. The second-order valence-electron chi connectivity index (χ2n) is 7.22. The summed E-state index contributed by atoms with van der Waals surface area (Å²) in [6.07, 6.45) is 1.61. The average molecular weight is 450 g/mol. The van der Waals surface area contributed by atoms with E-state index in [2.05, 4.69) is 46.4 Å². The number of aromatic amines is 1. The normalized spacial score (nSPS) is 11.5. The second kappa shape index (κ2) is 7.82. The Morgan fingerprint density at radius 3 is 2.71 bits per heavy atom. The highest BCUT2D eigenvalue weighted by Gasteiger charge is 2.18. The smallest absolute Gasteiger partial charge is 0.260 e. The standard InChI is InChI=1S/C22H19N5O2S2/c1-12-6-8-14(9-7-12)17-13(2)31-21-18(17)20(28)23-16(24-21)11-30-22-26-25-19(27(22)3)15-5-4-10-29-15/h4-10H,11H2,1-3H3,(H,23,24,28). The van der Waals surface area contributed by atoms with E-state index < -0.39 is 0 Å². The molecule has 0 spiro atoms. The maximum absolute atomic E-state index is 13.0. The van der Waals surface area contributed by atoms with E-state index in [0.29, 0.717) is 28.5 Å². The minimum Gasteiger partial charge on any atom is -0.461 e. The zero-order valence-electron chi connectivity index (χ0n) is 17.2. The number of nitrogens with zero attached hydrogens (tertiary/aromatic N) is 4. The summed E-state index contributed by atoms with van der Waals surface area (Å²) >= 11 is 3.01. The molecule has 0 saturated heterocycles. The number of thioether (sulfide) groups is 1. The first-order valence-corrected chi connectivity index (χ1v) is 11.5. The largest absolute Gasteiger partial charge is 0.461 e. The maximum atomic E-state index is 13.0. The molecular formula is C22H19N5O2S2. The Morgan fingerprint density at radius 1 is 1.16 bits per heavy atom. The fraction of sp³-hybridized carbons (Fsp3) is 0.182. The van der Waals surface area contributed by atoms with Crippen LogP contribution in [0.1, 0.15) is 16.3 Å². The van der Waals surface area contributed by atoms with Gasteiger partial charge < -0.3 is 14.0 Å². The molecule has 1 N–H and O–H groups in total. The molecule has 0 aliphatic heterocycles. The quantitative estimate of drug-likeness (QED) is 0.382. The maximum Gasteiger partial charge on any atom is 0.260 e. The van der Waals surface area contributed by atoms with E-state index in [4.69, 9.17) is 9.40 Å². The SMILES string of the molecule is Cc1ccc(-c2c(C)sc3nc(CSc4nnc(-c5ccco5)n4C)[nH]c(=O)c23)cc1. The van der Waals surface area contributed by atoms with Crippen LogP contribution < -0.4 is 5.56 Å². The molecule has 0 fully saturated rings. The molecule has 0 unspecified atom stereocenters. The molecular weight excluding hydrogens is 430 g/mol. The van der Waals surface area contributed by atoms with Gasteiger partial charge in [0.05, 0.1) is 17.4 Å². The fourth-order valence-corrected chi connectivity index (χ4v) is 5.34. The van der Waals surface area contributed by atoms with Gasteiger partial charge in [-0.05, 0) is 31.5 Å². The number of fused-ring (bicyclic) bond motifs is 1. The third kappa shape index (κ3) is 3.60. The molecule has 0 radical (unpaired) electrons. The lowest BCUT2D eigenvalue weighted by Crippen LogP contribution is -2.11. The molecule has 0 atom stereocenters. The highest BCUT2D eigenvalue weighted by atomic mass is 32.2. The molecule has 9 heteroatoms. The van der Waals surface area contributed by atoms with Crippen molar-refractivity contribution < 1.29 is 4.42 Å². The van der Waals surface area contributed by atoms with Crippen LogP contribution in [0.3, 0.4) is 0 Å². The van der Waals surface area contributed by atoms with Crippen LogP contribution >= 0.6 is 23.1 Å². The number of hydrogen-bond donors (Lipinski definition) is 1. The lowest BCUT2D eigenvalue weighted by Gasteiger charge is -2.04. The predicted octanol–water partition coefficient (Wildman–Crippen LogP) is 4.95. The van der Waals surface area contributed by atoms with Gasteiger partial charge in [0.15, 0.2) is 16.7 Å². The van der Waals surface area contributed by atoms with Crippen LogP contribution in [0.5, 0.6) is 0 Å². The van der Waals surface area contributed by atoms with Crippen molar-refractivity contribution in [2.24, 2.45) is 7.05 Å². The lowest BCUT2D eigenvalue weighted by atomic mass is 10.0. The molecule has 0 saturated carbocycles. The van der Waals surface area contributed by atoms with Crippen LogP contribution in [0.15, 0.2) is 57.0 Å². The minimum absolute atomic E-state index is 0.116. The van der Waals surface area contributed by atoms with Gasteiger partial charge in [0.2, 0.25) is 0 Å². The van der Waals surface area contributed by atoms with Gasteiger partial charge in [-0.15, -0.1) is 21.5 Å². The van der Waals surface area contributed by atoms with E-state index in [1.807, 2.05) is 30.7 Å². The highest BCUT2D eigenvalue weighted by molar-refractivity contribution is 7.98. The van der Waals surface area contributed by atoms with Gasteiger partial charge in [0.25, 0.3) is 5.56 Å². The van der Waals surface area contributed by atoms with E-state index in [9.17, 15) is 4.79 Å². The molecule has 0 bridgehead atoms. The number of thiophene rings is 1. The Bertz CT molecular complexity index is 1430. The summed E-state index contributed by atoms with van der Waals surface area (Å²) < 4.78 is 7.27. The summed E-state index contributed by atoms with van der Waals surface area (Å²) in [6.45, 7) is 4.08. The number of H-pyrrole nitrogens is 1. The molecule has 0 amide bonds. The summed E-state index contributed by atoms with van der Waals surface area (Å²) in [7, 11) is 1.88. The van der Waals surface area contributed by atoms with E-state index in [1.54, 1.807) is 17.6 Å². The molecule has 4 heterocycles. The van der Waals surface area contributed by atoms with Crippen LogP contribution in [-0.4, -0.2) is 24.7 Å². The van der Waals surface area contributed by atoms with E-state index in [-0.39, 0.29) is 5.56 Å². The Hall–Kier alpha value is -3.17. The van der Waals surface area contributed by atoms with Gasteiger partial charge in [-0.2, -0.15) is 0 Å². The monoisotopic (exact) mass is 449 g/mol. The number of benzene rings is 1. The molecule has 156 valence electrons. The molecule has 5 rings (SSSR count). The number of nitrogens with one attached hydrogen (secondary N) is 1. The Kier molecular flexibility index (Phi) is 4.99. The summed E-state index contributed by atoms with van der Waals surface area (Å²) in [6, 6.07) is 11.9. The van der Waals surface area contributed by atoms with Gasteiger partial charge in [-0.25, -0.2) is 4.98 Å². The first kappa shape index (κ1) is 19.8. The first-order chi connectivity index (χ1) is 15.0. The highest BCUT2D eigenvalue weighted by Crippen LogP contribution is 2.36. The zero-order chi connectivity index (χ0) is 21.5. The van der Waals surface area contributed by atoms with Crippen molar-refractivity contribution in [1.29, 1.82) is 0 Å². The van der Waals surface area contributed by atoms with Crippen LogP contribution in [0.4, 0.5) is 0 Å². The summed E-state index contributed by atoms with van der Waals surface area (Å²) in [5, 5.41) is 9.81. The molecule has 0 aliphatic rings. The predicted molar refractivity (Wildman–Crippen MR) is 123 cm³/mol. The summed E-state index contributed by atoms with van der Waals surface area (Å²) in [5.41, 5.74) is 3.07. The van der Waals surface area contributed by atoms with Gasteiger partial charge in [0, 0.05) is 17.5 Å². The number of hydrogen-bond acceptors (Lipinski definition) is 7. The van der Waals surface area contributed by atoms with Crippen molar-refractivity contribution in [2.75, 3.05) is 0 Å². The van der Waals surface area contributed by atoms with Crippen LogP contribution in [0, 0.1) is 13.8 Å². The number of aryl methyl sites for hydroxylation is 2. The summed E-state index contributed by atoms with van der Waals surface area (Å²) in [5.74, 6) is 2.40. The van der Waals surface area contributed by atoms with Crippen LogP contribution in [-0.2, 0) is 12.8 Å². The zero-order valence-corrected chi connectivity index (χ0v) is 18.8. The van der Waals surface area contributed by atoms with Gasteiger partial charge >= 0.3 is 0 Å². The number of furan rings is 1. The van der Waals surface area contributed by atoms with Crippen molar-refractivity contribution in [2.45, 2.75) is 24.8 Å². The second-order valence-corrected chi connectivity index (χ2v) is 9.37. The Morgan fingerprint density at radius 2 is 1.97 bits per heavy atom. The molecule has 4 aromatic heterocycles. The van der Waals surface area contributed by atoms with Gasteiger partial charge in [-0.1, -0.05) is 41.6 Å². The number of rotatable bonds is 5. The average Bonchev–Trinajstić information content (AvgIpc) is 3.46. The van der Waals surface area contributed by atoms with Gasteiger partial charge in [-0.3, -0.25) is 4.79 Å². The fourth-order valence-electron chi connectivity index (χ4n) is 3.49. The van der Waals surface area contributed by atoms with Crippen molar-refractivity contribution in [1.82, 2.24) is 24.7 Å². The molecule has 1 aromatic carbocycles. The third-order valence-electron chi connectivity index (χ3n) is 5.04. The number of aromatic nitrogens is 5. The van der Waals surface area contributed by atoms with E-state index in [1.165, 1.54) is 17.3 Å². The van der Waals surface area contributed by atoms with Crippen LogP contribution in [0.25, 0.3) is 32.9 Å². The Labute approximate surface area is 186 Å². The minimum atomic E-state index is -0.116. The molecule has 7 nitrogen and oxygen atoms in total. The van der Waals surface area contributed by atoms with E-state index >= 15 is 0 Å². The molecule has 0 aliphatic carbocycles. The lowest BCUT2D eigenvalue weighted by molar-refractivity contribution is 0.572. The topological polar surface area (TPSA) is 89.6 Å².